The molecule has 0 aliphatic rings. The summed E-state index contributed by atoms with van der Waals surface area (Å²) in [6, 6.07) is 0.408. The number of nitrogens with zero attached hydrogens (tertiary/aromatic N) is 2. The van der Waals surface area contributed by atoms with Crippen molar-refractivity contribution in [1.82, 2.24) is 14.9 Å². The van der Waals surface area contributed by atoms with E-state index in [9.17, 15) is 5.11 Å². The molecule has 15 heavy (non-hydrogen) atoms. The Morgan fingerprint density at radius 1 is 1.47 bits per heavy atom. The van der Waals surface area contributed by atoms with Gasteiger partial charge in [-0.2, -0.15) is 0 Å². The van der Waals surface area contributed by atoms with Crippen LogP contribution in [0.3, 0.4) is 0 Å². The van der Waals surface area contributed by atoms with Crippen LogP contribution in [0.15, 0.2) is 6.33 Å². The average Bonchev–Trinajstić information content (AvgIpc) is 2.47. The molecule has 0 saturated heterocycles. The van der Waals surface area contributed by atoms with Crippen molar-refractivity contribution in [2.24, 2.45) is 0 Å². The molecule has 0 radical (unpaired) electrons. The van der Waals surface area contributed by atoms with Gasteiger partial charge >= 0.3 is 0 Å². The van der Waals surface area contributed by atoms with Gasteiger partial charge in [0.25, 0.3) is 0 Å². The van der Waals surface area contributed by atoms with Crippen LogP contribution in [0.4, 0.5) is 0 Å². The molecule has 1 atom stereocenters. The molecule has 1 rings (SSSR count). The van der Waals surface area contributed by atoms with E-state index in [1.165, 1.54) is 0 Å². The molecule has 1 aromatic rings. The van der Waals surface area contributed by atoms with Crippen LogP contribution in [0.1, 0.15) is 25.2 Å². The summed E-state index contributed by atoms with van der Waals surface area (Å²) in [5, 5.41) is 13.0. The van der Waals surface area contributed by atoms with E-state index >= 15 is 0 Å². The average molecular weight is 211 g/mol. The van der Waals surface area contributed by atoms with Gasteiger partial charge in [-0.25, -0.2) is 4.98 Å². The van der Waals surface area contributed by atoms with Crippen molar-refractivity contribution in [3.63, 3.8) is 0 Å². The molecule has 0 aliphatic carbocycles. The predicted molar refractivity (Wildman–Crippen MR) is 60.8 cm³/mol. The molecular weight excluding hydrogens is 190 g/mol. The summed E-state index contributed by atoms with van der Waals surface area (Å²) >= 11 is 0. The fourth-order valence-electron chi connectivity index (χ4n) is 1.39. The number of aromatic nitrogens is 2. The number of aryl methyl sites for hydroxylation is 1. The van der Waals surface area contributed by atoms with Crippen LogP contribution in [-0.4, -0.2) is 33.3 Å². The second kappa shape index (κ2) is 5.28. The minimum Gasteiger partial charge on any atom is -0.390 e. The van der Waals surface area contributed by atoms with Gasteiger partial charge in [-0.3, -0.25) is 0 Å². The zero-order valence-electron chi connectivity index (χ0n) is 9.99. The maximum Gasteiger partial charge on any atom is 0.0952 e. The number of rotatable bonds is 5. The Balaban J connectivity index is 2.44. The first-order valence-electron chi connectivity index (χ1n) is 5.40. The lowest BCUT2D eigenvalue weighted by Crippen LogP contribution is -2.34. The van der Waals surface area contributed by atoms with Crippen LogP contribution >= 0.6 is 0 Å². The Kier molecular flexibility index (Phi) is 4.29. The molecule has 2 N–H and O–H groups in total. The topological polar surface area (TPSA) is 50.1 Å². The Morgan fingerprint density at radius 2 is 2.13 bits per heavy atom. The fraction of sp³-hybridized carbons (Fsp3) is 0.727. The highest BCUT2D eigenvalue weighted by atomic mass is 16.3. The van der Waals surface area contributed by atoms with Gasteiger partial charge < -0.3 is 15.0 Å². The molecule has 0 bridgehead atoms. The Morgan fingerprint density at radius 3 is 2.60 bits per heavy atom. The highest BCUT2D eigenvalue weighted by Gasteiger charge is 2.08. The summed E-state index contributed by atoms with van der Waals surface area (Å²) in [5.41, 5.74) is 2.15. The predicted octanol–water partition coefficient (Wildman–Crippen LogP) is 0.859. The maximum atomic E-state index is 9.77. The lowest BCUT2D eigenvalue weighted by atomic mass is 10.3. The summed E-state index contributed by atoms with van der Waals surface area (Å²) < 4.78 is 1.99. The molecule has 4 nitrogen and oxygen atoms in total. The van der Waals surface area contributed by atoms with Crippen molar-refractivity contribution in [2.75, 3.05) is 6.54 Å². The second-order valence-corrected chi connectivity index (χ2v) is 4.28. The van der Waals surface area contributed by atoms with E-state index in [0.29, 0.717) is 19.1 Å². The van der Waals surface area contributed by atoms with Crippen LogP contribution in [0.2, 0.25) is 0 Å². The molecule has 1 unspecified atom stereocenters. The molecule has 0 fully saturated rings. The number of aliphatic hydroxyl groups is 1. The molecule has 1 heterocycles. The van der Waals surface area contributed by atoms with Crippen LogP contribution in [0.5, 0.6) is 0 Å². The minimum absolute atomic E-state index is 0.361. The van der Waals surface area contributed by atoms with Gasteiger partial charge in [-0.05, 0) is 13.8 Å². The molecule has 0 saturated carbocycles. The van der Waals surface area contributed by atoms with Gasteiger partial charge in [0.2, 0.25) is 0 Å². The van der Waals surface area contributed by atoms with Crippen LogP contribution < -0.4 is 5.32 Å². The molecule has 0 amide bonds. The molecule has 86 valence electrons. The normalized spacial score (nSPS) is 13.5. The summed E-state index contributed by atoms with van der Waals surface area (Å²) in [7, 11) is 0. The fourth-order valence-corrected chi connectivity index (χ4v) is 1.39. The second-order valence-electron chi connectivity index (χ2n) is 4.28. The molecule has 0 aromatic carbocycles. The lowest BCUT2D eigenvalue weighted by Gasteiger charge is -2.15. The number of imidazole rings is 1. The third-order valence-corrected chi connectivity index (χ3v) is 2.51. The Bertz CT molecular complexity index is 307. The SMILES string of the molecule is Cc1ncn(CC(O)CNC(C)C)c1C. The summed E-state index contributed by atoms with van der Waals surface area (Å²) in [5.74, 6) is 0. The van der Waals surface area contributed by atoms with E-state index in [1.807, 2.05) is 18.4 Å². The Hall–Kier alpha value is -0.870. The molecule has 1 aromatic heterocycles. The molecule has 0 spiro atoms. The van der Waals surface area contributed by atoms with Gasteiger partial charge in [-0.15, -0.1) is 0 Å². The zero-order valence-corrected chi connectivity index (χ0v) is 9.99. The van der Waals surface area contributed by atoms with E-state index in [2.05, 4.69) is 24.1 Å². The largest absolute Gasteiger partial charge is 0.390 e. The van der Waals surface area contributed by atoms with Crippen LogP contribution in [0.25, 0.3) is 0 Å². The lowest BCUT2D eigenvalue weighted by molar-refractivity contribution is 0.148. The molecule has 0 aliphatic heterocycles. The molecule has 4 heteroatoms. The van der Waals surface area contributed by atoms with Crippen molar-refractivity contribution < 1.29 is 5.11 Å². The van der Waals surface area contributed by atoms with Gasteiger partial charge in [0.05, 0.1) is 24.7 Å². The first-order valence-corrected chi connectivity index (χ1v) is 5.40. The zero-order chi connectivity index (χ0) is 11.4. The standard InChI is InChI=1S/C11H21N3O/c1-8(2)12-5-11(15)6-14-7-13-9(3)10(14)4/h7-8,11-12,15H,5-6H2,1-4H3. The van der Waals surface area contributed by atoms with Gasteiger partial charge in [0.1, 0.15) is 0 Å². The first-order chi connectivity index (χ1) is 7.00. The summed E-state index contributed by atoms with van der Waals surface area (Å²) in [6.45, 7) is 9.36. The third kappa shape index (κ3) is 3.64. The number of aliphatic hydroxyl groups excluding tert-OH is 1. The van der Waals surface area contributed by atoms with Crippen LogP contribution in [0, 0.1) is 13.8 Å². The van der Waals surface area contributed by atoms with Crippen molar-refractivity contribution >= 4 is 0 Å². The highest BCUT2D eigenvalue weighted by molar-refractivity contribution is 5.08. The van der Waals surface area contributed by atoms with E-state index in [0.717, 1.165) is 11.4 Å². The monoisotopic (exact) mass is 211 g/mol. The maximum absolute atomic E-state index is 9.77. The smallest absolute Gasteiger partial charge is 0.0952 e. The van der Waals surface area contributed by atoms with E-state index < -0.39 is 0 Å². The number of hydrogen-bond acceptors (Lipinski definition) is 3. The summed E-state index contributed by atoms with van der Waals surface area (Å²) in [6.07, 6.45) is 1.42. The van der Waals surface area contributed by atoms with Crippen molar-refractivity contribution in [3.8, 4) is 0 Å². The highest BCUT2D eigenvalue weighted by Crippen LogP contribution is 2.04. The van der Waals surface area contributed by atoms with E-state index in [4.69, 9.17) is 0 Å². The quantitative estimate of drug-likeness (QED) is 0.759. The van der Waals surface area contributed by atoms with Crippen molar-refractivity contribution in [1.29, 1.82) is 0 Å². The number of hydrogen-bond donors (Lipinski definition) is 2. The van der Waals surface area contributed by atoms with Gasteiger partial charge in [-0.1, -0.05) is 13.8 Å². The van der Waals surface area contributed by atoms with Crippen molar-refractivity contribution in [2.45, 2.75) is 46.4 Å². The summed E-state index contributed by atoms with van der Waals surface area (Å²) in [4.78, 5) is 4.20. The van der Waals surface area contributed by atoms with Crippen LogP contribution in [-0.2, 0) is 6.54 Å². The van der Waals surface area contributed by atoms with Crippen molar-refractivity contribution in [3.05, 3.63) is 17.7 Å². The number of nitrogens with one attached hydrogen (secondary N) is 1. The Labute approximate surface area is 91.3 Å². The first kappa shape index (κ1) is 12.2. The third-order valence-electron chi connectivity index (χ3n) is 2.51. The van der Waals surface area contributed by atoms with E-state index in [1.54, 1.807) is 6.33 Å². The van der Waals surface area contributed by atoms with Gasteiger partial charge in [0.15, 0.2) is 0 Å². The molecular formula is C11H21N3O. The van der Waals surface area contributed by atoms with Gasteiger partial charge in [0, 0.05) is 18.3 Å². The van der Waals surface area contributed by atoms with E-state index in [-0.39, 0.29) is 6.10 Å². The minimum atomic E-state index is -0.361.